The lowest BCUT2D eigenvalue weighted by Crippen LogP contribution is -2.14. The maximum Gasteiger partial charge on any atom is 0.418 e. The number of para-hydroxylation sites is 2. The summed E-state index contributed by atoms with van der Waals surface area (Å²) >= 11 is 0. The Morgan fingerprint density at radius 3 is 2.62 bits per heavy atom. The van der Waals surface area contributed by atoms with Crippen LogP contribution in [0.4, 0.5) is 19.0 Å². The lowest BCUT2D eigenvalue weighted by molar-refractivity contribution is -0.137. The van der Waals surface area contributed by atoms with Gasteiger partial charge in [-0.25, -0.2) is 4.68 Å². The second-order valence-corrected chi connectivity index (χ2v) is 7.07. The lowest BCUT2D eigenvalue weighted by atomic mass is 10.0. The summed E-state index contributed by atoms with van der Waals surface area (Å²) in [6, 6.07) is 13.2. The van der Waals surface area contributed by atoms with Crippen molar-refractivity contribution in [1.29, 1.82) is 0 Å². The maximum atomic E-state index is 13.6. The standard InChI is InChI=1S/C22H22F3N3O/c1-29-20-12-5-2-8-15(20)14-18-16-9-6-7-13-26-21(16)28(27-18)19-11-4-3-10-17(19)22(23,24)25/h2-5,8,10-12,26H,6-7,9,13-14H2,1H3. The van der Waals surface area contributed by atoms with Crippen LogP contribution in [0.15, 0.2) is 48.5 Å². The van der Waals surface area contributed by atoms with Crippen molar-refractivity contribution in [3.8, 4) is 11.4 Å². The molecule has 0 spiro atoms. The second kappa shape index (κ2) is 7.81. The van der Waals surface area contributed by atoms with Crippen molar-refractivity contribution in [1.82, 2.24) is 9.78 Å². The summed E-state index contributed by atoms with van der Waals surface area (Å²) in [7, 11) is 1.61. The fourth-order valence-electron chi connectivity index (χ4n) is 3.82. The van der Waals surface area contributed by atoms with Gasteiger partial charge in [-0.05, 0) is 37.5 Å². The first kappa shape index (κ1) is 19.4. The van der Waals surface area contributed by atoms with E-state index in [2.05, 4.69) is 10.4 Å². The highest BCUT2D eigenvalue weighted by molar-refractivity contribution is 5.57. The van der Waals surface area contributed by atoms with Crippen molar-refractivity contribution in [3.63, 3.8) is 0 Å². The third kappa shape index (κ3) is 3.81. The number of benzene rings is 2. The molecule has 0 bridgehead atoms. The topological polar surface area (TPSA) is 39.1 Å². The zero-order valence-electron chi connectivity index (χ0n) is 16.1. The second-order valence-electron chi connectivity index (χ2n) is 7.07. The Morgan fingerprint density at radius 2 is 1.83 bits per heavy atom. The number of rotatable bonds is 4. The van der Waals surface area contributed by atoms with Crippen LogP contribution >= 0.6 is 0 Å². The zero-order valence-corrected chi connectivity index (χ0v) is 16.1. The number of halogens is 3. The minimum Gasteiger partial charge on any atom is -0.496 e. The summed E-state index contributed by atoms with van der Waals surface area (Å²) in [6.07, 6.45) is -1.26. The van der Waals surface area contributed by atoms with Gasteiger partial charge < -0.3 is 10.1 Å². The Hall–Kier alpha value is -2.96. The molecular formula is C22H22F3N3O. The predicted molar refractivity (Wildman–Crippen MR) is 106 cm³/mol. The van der Waals surface area contributed by atoms with Crippen molar-refractivity contribution in [3.05, 3.63) is 70.9 Å². The van der Waals surface area contributed by atoms with Gasteiger partial charge in [0.15, 0.2) is 0 Å². The Balaban J connectivity index is 1.85. The largest absolute Gasteiger partial charge is 0.496 e. The lowest BCUT2D eigenvalue weighted by Gasteiger charge is -2.15. The van der Waals surface area contributed by atoms with Crippen LogP contribution in [-0.4, -0.2) is 23.4 Å². The molecule has 152 valence electrons. The minimum atomic E-state index is -4.46. The number of nitrogens with one attached hydrogen (secondary N) is 1. The molecule has 0 unspecified atom stereocenters. The molecular weight excluding hydrogens is 379 g/mol. The molecule has 7 heteroatoms. The van der Waals surface area contributed by atoms with Crippen molar-refractivity contribution < 1.29 is 17.9 Å². The van der Waals surface area contributed by atoms with Gasteiger partial charge in [0, 0.05) is 24.1 Å². The van der Waals surface area contributed by atoms with Crippen molar-refractivity contribution in [2.24, 2.45) is 0 Å². The predicted octanol–water partition coefficient (Wildman–Crippen LogP) is 5.24. The molecule has 29 heavy (non-hydrogen) atoms. The van der Waals surface area contributed by atoms with E-state index in [-0.39, 0.29) is 5.69 Å². The average Bonchev–Trinajstić information content (AvgIpc) is 2.88. The van der Waals surface area contributed by atoms with Crippen LogP contribution in [0, 0.1) is 0 Å². The Kier molecular flexibility index (Phi) is 5.22. The van der Waals surface area contributed by atoms with E-state index < -0.39 is 11.7 Å². The number of fused-ring (bicyclic) bond motifs is 1. The van der Waals surface area contributed by atoms with E-state index >= 15 is 0 Å². The first-order valence-electron chi connectivity index (χ1n) is 9.62. The fraction of sp³-hybridized carbons (Fsp3) is 0.318. The number of hydrogen-bond donors (Lipinski definition) is 1. The molecule has 0 saturated carbocycles. The van der Waals surface area contributed by atoms with Crippen LogP contribution < -0.4 is 10.1 Å². The molecule has 0 fully saturated rings. The van der Waals surface area contributed by atoms with E-state index in [1.54, 1.807) is 13.2 Å². The summed E-state index contributed by atoms with van der Waals surface area (Å²) < 4.78 is 47.7. The first-order valence-corrected chi connectivity index (χ1v) is 9.62. The van der Waals surface area contributed by atoms with E-state index in [0.717, 1.165) is 47.9 Å². The van der Waals surface area contributed by atoms with Gasteiger partial charge in [0.2, 0.25) is 0 Å². The Bertz CT molecular complexity index is 1010. The summed E-state index contributed by atoms with van der Waals surface area (Å²) in [5, 5.41) is 7.95. The average molecular weight is 401 g/mol. The van der Waals surface area contributed by atoms with E-state index in [9.17, 15) is 13.2 Å². The Morgan fingerprint density at radius 1 is 1.07 bits per heavy atom. The SMILES string of the molecule is COc1ccccc1Cc1nn(-c2ccccc2C(F)(F)F)c2c1CCCCN2. The summed E-state index contributed by atoms with van der Waals surface area (Å²) in [5.41, 5.74) is 2.05. The molecule has 0 atom stereocenters. The van der Waals surface area contributed by atoms with Gasteiger partial charge in [-0.15, -0.1) is 0 Å². The molecule has 1 N–H and O–H groups in total. The van der Waals surface area contributed by atoms with Crippen LogP contribution in [0.1, 0.15) is 35.2 Å². The van der Waals surface area contributed by atoms with Gasteiger partial charge in [0.05, 0.1) is 24.1 Å². The number of nitrogens with zero attached hydrogens (tertiary/aromatic N) is 2. The van der Waals surface area contributed by atoms with Gasteiger partial charge >= 0.3 is 6.18 Å². The smallest absolute Gasteiger partial charge is 0.418 e. The van der Waals surface area contributed by atoms with Crippen molar-refractivity contribution in [2.75, 3.05) is 19.0 Å². The summed E-state index contributed by atoms with van der Waals surface area (Å²) in [5.74, 6) is 1.40. The van der Waals surface area contributed by atoms with Gasteiger partial charge in [-0.1, -0.05) is 30.3 Å². The molecule has 3 aromatic rings. The third-order valence-corrected chi connectivity index (χ3v) is 5.20. The molecule has 1 aromatic heterocycles. The van der Waals surface area contributed by atoms with Gasteiger partial charge in [0.1, 0.15) is 11.6 Å². The molecule has 0 saturated heterocycles. The van der Waals surface area contributed by atoms with Gasteiger partial charge in [0.25, 0.3) is 0 Å². The van der Waals surface area contributed by atoms with Crippen LogP contribution in [0.3, 0.4) is 0 Å². The molecule has 2 heterocycles. The number of anilines is 1. The monoisotopic (exact) mass is 401 g/mol. The van der Waals surface area contributed by atoms with Crippen molar-refractivity contribution in [2.45, 2.75) is 31.9 Å². The van der Waals surface area contributed by atoms with E-state index in [0.29, 0.717) is 18.8 Å². The summed E-state index contributed by atoms with van der Waals surface area (Å²) in [6.45, 7) is 0.709. The van der Waals surface area contributed by atoms with E-state index in [1.807, 2.05) is 24.3 Å². The van der Waals surface area contributed by atoms with Crippen LogP contribution in [0.5, 0.6) is 5.75 Å². The van der Waals surface area contributed by atoms with E-state index in [1.165, 1.54) is 16.8 Å². The number of aromatic nitrogens is 2. The molecule has 1 aliphatic heterocycles. The molecule has 0 amide bonds. The highest BCUT2D eigenvalue weighted by atomic mass is 19.4. The number of methoxy groups -OCH3 is 1. The van der Waals surface area contributed by atoms with Crippen LogP contribution in [0.25, 0.3) is 5.69 Å². The fourth-order valence-corrected chi connectivity index (χ4v) is 3.82. The highest BCUT2D eigenvalue weighted by Crippen LogP contribution is 2.37. The molecule has 4 rings (SSSR count). The molecule has 0 aliphatic carbocycles. The number of alkyl halides is 3. The normalized spacial score (nSPS) is 14.1. The van der Waals surface area contributed by atoms with Crippen LogP contribution in [0.2, 0.25) is 0 Å². The maximum absolute atomic E-state index is 13.6. The number of hydrogen-bond acceptors (Lipinski definition) is 3. The summed E-state index contributed by atoms with van der Waals surface area (Å²) in [4.78, 5) is 0. The van der Waals surface area contributed by atoms with Gasteiger partial charge in [-0.3, -0.25) is 0 Å². The molecule has 0 radical (unpaired) electrons. The van der Waals surface area contributed by atoms with Crippen molar-refractivity contribution >= 4 is 5.82 Å². The first-order chi connectivity index (χ1) is 14.0. The molecule has 2 aromatic carbocycles. The zero-order chi connectivity index (χ0) is 20.4. The number of ether oxygens (including phenoxy) is 1. The minimum absolute atomic E-state index is 0.0388. The Labute approximate surface area is 167 Å². The quantitative estimate of drug-likeness (QED) is 0.650. The molecule has 1 aliphatic rings. The van der Waals surface area contributed by atoms with Crippen LogP contribution in [-0.2, 0) is 19.0 Å². The third-order valence-electron chi connectivity index (χ3n) is 5.20. The van der Waals surface area contributed by atoms with Gasteiger partial charge in [-0.2, -0.15) is 18.3 Å². The van der Waals surface area contributed by atoms with E-state index in [4.69, 9.17) is 4.74 Å². The molecule has 4 nitrogen and oxygen atoms in total. The highest BCUT2D eigenvalue weighted by Gasteiger charge is 2.35.